The summed E-state index contributed by atoms with van der Waals surface area (Å²) in [6.45, 7) is 2.60. The lowest BCUT2D eigenvalue weighted by molar-refractivity contribution is 0.0193. The van der Waals surface area contributed by atoms with Crippen LogP contribution in [-0.4, -0.2) is 18.0 Å². The topological polar surface area (TPSA) is 59.1 Å². The van der Waals surface area contributed by atoms with Crippen LogP contribution >= 0.6 is 0 Å². The minimum atomic E-state index is -0.394. The van der Waals surface area contributed by atoms with Gasteiger partial charge >= 0.3 is 0 Å². The minimum Gasteiger partial charge on any atom is -0.385 e. The Kier molecular flexibility index (Phi) is 2.49. The predicted molar refractivity (Wildman–Crippen MR) is 44.7 cm³/mol. The third-order valence-electron chi connectivity index (χ3n) is 2.32. The molecule has 0 spiro atoms. The second-order valence-corrected chi connectivity index (χ2v) is 3.05. The number of rotatable bonds is 3. The Morgan fingerprint density at radius 3 is 2.45 bits per heavy atom. The summed E-state index contributed by atoms with van der Waals surface area (Å²) in [6, 6.07) is 0. The quantitative estimate of drug-likeness (QED) is 0.477. The van der Waals surface area contributed by atoms with Crippen molar-refractivity contribution in [2.45, 2.75) is 38.2 Å². The third-order valence-corrected chi connectivity index (χ3v) is 2.32. The van der Waals surface area contributed by atoms with Gasteiger partial charge in [0.25, 0.3) is 0 Å². The first kappa shape index (κ1) is 8.53. The van der Waals surface area contributed by atoms with E-state index in [2.05, 4.69) is 0 Å². The van der Waals surface area contributed by atoms with Crippen molar-refractivity contribution in [3.05, 3.63) is 0 Å². The van der Waals surface area contributed by atoms with Gasteiger partial charge in [-0.1, -0.05) is 0 Å². The van der Waals surface area contributed by atoms with Crippen LogP contribution in [0.4, 0.5) is 0 Å². The second kappa shape index (κ2) is 3.22. The van der Waals surface area contributed by atoms with Crippen LogP contribution in [0.15, 0.2) is 0 Å². The highest BCUT2D eigenvalue weighted by molar-refractivity contribution is 5.86. The standard InChI is InChI=1S/C8H16N2O/c1-2-11-8(7(9)10)5-3-4-6-8/h2-6H2,1H3,(H3,9,10). The molecule has 0 amide bonds. The smallest absolute Gasteiger partial charge is 0.124 e. The minimum absolute atomic E-state index is 0.205. The van der Waals surface area contributed by atoms with Gasteiger partial charge in [0, 0.05) is 6.61 Å². The highest BCUT2D eigenvalue weighted by Crippen LogP contribution is 2.32. The molecule has 0 radical (unpaired) electrons. The van der Waals surface area contributed by atoms with E-state index >= 15 is 0 Å². The molecule has 0 aromatic heterocycles. The van der Waals surface area contributed by atoms with Crippen LogP contribution < -0.4 is 5.73 Å². The fourth-order valence-electron chi connectivity index (χ4n) is 1.71. The largest absolute Gasteiger partial charge is 0.385 e. The van der Waals surface area contributed by atoms with E-state index in [4.69, 9.17) is 15.9 Å². The zero-order valence-corrected chi connectivity index (χ0v) is 7.02. The molecule has 3 heteroatoms. The van der Waals surface area contributed by atoms with E-state index in [9.17, 15) is 0 Å². The fraction of sp³-hybridized carbons (Fsp3) is 0.875. The maximum atomic E-state index is 7.40. The first-order valence-electron chi connectivity index (χ1n) is 4.20. The van der Waals surface area contributed by atoms with Crippen LogP contribution in [0.25, 0.3) is 0 Å². The Balaban J connectivity index is 2.62. The van der Waals surface area contributed by atoms with E-state index in [0.29, 0.717) is 6.61 Å². The Morgan fingerprint density at radius 1 is 1.55 bits per heavy atom. The SMILES string of the molecule is CCOC1(C(=N)N)CCCC1. The maximum absolute atomic E-state index is 7.40. The molecule has 0 atom stereocenters. The van der Waals surface area contributed by atoms with E-state index in [-0.39, 0.29) is 5.84 Å². The van der Waals surface area contributed by atoms with Crippen molar-refractivity contribution in [2.75, 3.05) is 6.61 Å². The van der Waals surface area contributed by atoms with Crippen LogP contribution in [-0.2, 0) is 4.74 Å². The normalized spacial score (nSPS) is 21.9. The van der Waals surface area contributed by atoms with Gasteiger partial charge in [0.05, 0.1) is 0 Å². The molecule has 11 heavy (non-hydrogen) atoms. The zero-order chi connectivity index (χ0) is 8.32. The molecule has 1 rings (SSSR count). The van der Waals surface area contributed by atoms with E-state index in [1.54, 1.807) is 0 Å². The van der Waals surface area contributed by atoms with Crippen LogP contribution in [0.2, 0.25) is 0 Å². The zero-order valence-electron chi connectivity index (χ0n) is 7.02. The molecule has 0 aromatic carbocycles. The van der Waals surface area contributed by atoms with Crippen LogP contribution in [0, 0.1) is 5.41 Å². The van der Waals surface area contributed by atoms with Crippen molar-refractivity contribution < 1.29 is 4.74 Å². The maximum Gasteiger partial charge on any atom is 0.124 e. The number of hydrogen-bond acceptors (Lipinski definition) is 2. The molecule has 3 nitrogen and oxygen atoms in total. The van der Waals surface area contributed by atoms with Gasteiger partial charge in [0.1, 0.15) is 11.4 Å². The lowest BCUT2D eigenvalue weighted by Crippen LogP contribution is -2.43. The van der Waals surface area contributed by atoms with Gasteiger partial charge in [0.2, 0.25) is 0 Å². The molecule has 0 aromatic rings. The first-order chi connectivity index (χ1) is 5.21. The highest BCUT2D eigenvalue weighted by atomic mass is 16.5. The van der Waals surface area contributed by atoms with Gasteiger partial charge in [-0.3, -0.25) is 5.41 Å². The number of ether oxygens (including phenoxy) is 1. The molecule has 0 bridgehead atoms. The van der Waals surface area contributed by atoms with Crippen molar-refractivity contribution in [2.24, 2.45) is 5.73 Å². The second-order valence-electron chi connectivity index (χ2n) is 3.05. The van der Waals surface area contributed by atoms with E-state index in [1.165, 1.54) is 0 Å². The van der Waals surface area contributed by atoms with Gasteiger partial charge < -0.3 is 10.5 Å². The summed E-state index contributed by atoms with van der Waals surface area (Å²) in [5, 5.41) is 7.40. The lowest BCUT2D eigenvalue weighted by Gasteiger charge is -2.26. The van der Waals surface area contributed by atoms with Gasteiger partial charge in [-0.2, -0.15) is 0 Å². The first-order valence-corrected chi connectivity index (χ1v) is 4.20. The lowest BCUT2D eigenvalue weighted by atomic mass is 10.0. The summed E-state index contributed by atoms with van der Waals surface area (Å²) in [5.41, 5.74) is 5.08. The molecule has 0 unspecified atom stereocenters. The van der Waals surface area contributed by atoms with Gasteiger partial charge in [0.15, 0.2) is 0 Å². The van der Waals surface area contributed by atoms with Crippen molar-refractivity contribution in [3.63, 3.8) is 0 Å². The molecule has 1 saturated carbocycles. The Morgan fingerprint density at radius 2 is 2.09 bits per heavy atom. The summed E-state index contributed by atoms with van der Waals surface area (Å²) in [4.78, 5) is 0. The van der Waals surface area contributed by atoms with Crippen molar-refractivity contribution in [3.8, 4) is 0 Å². The van der Waals surface area contributed by atoms with Gasteiger partial charge in [-0.05, 0) is 32.6 Å². The monoisotopic (exact) mass is 156 g/mol. The summed E-state index contributed by atoms with van der Waals surface area (Å²) < 4.78 is 5.50. The van der Waals surface area contributed by atoms with E-state index in [1.807, 2.05) is 6.92 Å². The average Bonchev–Trinajstić information content (AvgIpc) is 2.38. The van der Waals surface area contributed by atoms with Crippen LogP contribution in [0.1, 0.15) is 32.6 Å². The molecule has 1 fully saturated rings. The fourth-order valence-corrected chi connectivity index (χ4v) is 1.71. The predicted octanol–water partition coefficient (Wildman–Crippen LogP) is 1.27. The summed E-state index contributed by atoms with van der Waals surface area (Å²) in [7, 11) is 0. The van der Waals surface area contributed by atoms with Crippen LogP contribution in [0.5, 0.6) is 0 Å². The van der Waals surface area contributed by atoms with Crippen molar-refractivity contribution >= 4 is 5.84 Å². The van der Waals surface area contributed by atoms with E-state index in [0.717, 1.165) is 25.7 Å². The molecule has 0 heterocycles. The third kappa shape index (κ3) is 1.53. The van der Waals surface area contributed by atoms with Gasteiger partial charge in [-0.15, -0.1) is 0 Å². The van der Waals surface area contributed by atoms with Crippen molar-refractivity contribution in [1.29, 1.82) is 5.41 Å². The molecule has 1 aliphatic rings. The molecular formula is C8H16N2O. The summed E-state index contributed by atoms with van der Waals surface area (Å²) in [6.07, 6.45) is 4.13. The van der Waals surface area contributed by atoms with Gasteiger partial charge in [-0.25, -0.2) is 0 Å². The number of amidine groups is 1. The number of hydrogen-bond donors (Lipinski definition) is 2. The number of nitrogens with two attached hydrogens (primary N) is 1. The highest BCUT2D eigenvalue weighted by Gasteiger charge is 2.37. The Hall–Kier alpha value is -0.570. The molecule has 64 valence electrons. The van der Waals surface area contributed by atoms with Crippen LogP contribution in [0.3, 0.4) is 0 Å². The summed E-state index contributed by atoms with van der Waals surface area (Å²) in [5.74, 6) is 0.205. The van der Waals surface area contributed by atoms with E-state index < -0.39 is 5.60 Å². The molecule has 3 N–H and O–H groups in total. The molecule has 1 aliphatic carbocycles. The van der Waals surface area contributed by atoms with Crippen molar-refractivity contribution in [1.82, 2.24) is 0 Å². The number of nitrogens with one attached hydrogen (secondary N) is 1. The molecule has 0 saturated heterocycles. The Labute approximate surface area is 67.4 Å². The Bertz CT molecular complexity index is 150. The average molecular weight is 156 g/mol. The molecular weight excluding hydrogens is 140 g/mol. The molecule has 0 aliphatic heterocycles. The summed E-state index contributed by atoms with van der Waals surface area (Å²) >= 11 is 0.